The number of rotatable bonds is 12. The molecule has 8 nitrogen and oxygen atoms in total. The molecule has 0 aliphatic carbocycles. The van der Waals surface area contributed by atoms with Gasteiger partial charge in [0.05, 0.1) is 0 Å². The van der Waals surface area contributed by atoms with Crippen molar-refractivity contribution in [2.24, 2.45) is 11.5 Å². The Kier molecular flexibility index (Phi) is 9.30. The van der Waals surface area contributed by atoms with Crippen LogP contribution in [0.3, 0.4) is 0 Å². The van der Waals surface area contributed by atoms with Gasteiger partial charge in [0.15, 0.2) is 11.9 Å². The highest BCUT2D eigenvalue weighted by Crippen LogP contribution is 2.20. The first-order chi connectivity index (χ1) is 14.5. The van der Waals surface area contributed by atoms with Gasteiger partial charge in [-0.15, -0.1) is 0 Å². The minimum Gasteiger partial charge on any atom is -0.455 e. The van der Waals surface area contributed by atoms with E-state index in [4.69, 9.17) is 31.8 Å². The Hall–Kier alpha value is -3.42. The monoisotopic (exact) mass is 412 g/mol. The second-order valence-corrected chi connectivity index (χ2v) is 6.92. The lowest BCUT2D eigenvalue weighted by atomic mass is 10.1. The molecule has 0 unspecified atom stereocenters. The van der Waals surface area contributed by atoms with Crippen molar-refractivity contribution in [3.63, 3.8) is 0 Å². The van der Waals surface area contributed by atoms with Crippen molar-refractivity contribution in [1.82, 2.24) is 10.6 Å². The van der Waals surface area contributed by atoms with Crippen LogP contribution >= 0.6 is 0 Å². The second kappa shape index (κ2) is 12.2. The van der Waals surface area contributed by atoms with Gasteiger partial charge in [0, 0.05) is 19.5 Å². The summed E-state index contributed by atoms with van der Waals surface area (Å²) < 4.78 is 12.1. The third kappa shape index (κ3) is 8.72. The Morgan fingerprint density at radius 1 is 0.800 bits per heavy atom. The summed E-state index contributed by atoms with van der Waals surface area (Å²) in [5.74, 6) is 1.47. The average Bonchev–Trinajstić information content (AvgIpc) is 2.70. The minimum absolute atomic E-state index is 0.0183. The van der Waals surface area contributed by atoms with E-state index in [-0.39, 0.29) is 18.2 Å². The smallest absolute Gasteiger partial charge is 0.241 e. The van der Waals surface area contributed by atoms with Gasteiger partial charge in [-0.25, -0.2) is 0 Å². The summed E-state index contributed by atoms with van der Waals surface area (Å²) in [6, 6.07) is 15.7. The summed E-state index contributed by atoms with van der Waals surface area (Å²) in [4.78, 5) is 0. The number of nitrogens with two attached hydrogens (primary N) is 2. The van der Waals surface area contributed by atoms with Gasteiger partial charge in [-0.05, 0) is 54.7 Å². The predicted molar refractivity (Wildman–Crippen MR) is 120 cm³/mol. The van der Waals surface area contributed by atoms with Crippen LogP contribution in [0.1, 0.15) is 30.9 Å². The van der Waals surface area contributed by atoms with Crippen LogP contribution in [0.5, 0.6) is 11.5 Å². The van der Waals surface area contributed by atoms with Crippen molar-refractivity contribution in [1.29, 1.82) is 10.8 Å². The van der Waals surface area contributed by atoms with Crippen LogP contribution in [0.2, 0.25) is 0 Å². The molecule has 0 heterocycles. The Balaban J connectivity index is 1.87. The predicted octanol–water partition coefficient (Wildman–Crippen LogP) is 2.32. The molecule has 0 aromatic heterocycles. The van der Waals surface area contributed by atoms with Crippen molar-refractivity contribution in [2.45, 2.75) is 38.9 Å². The Morgan fingerprint density at radius 2 is 1.20 bits per heavy atom. The van der Waals surface area contributed by atoms with Crippen LogP contribution in [0.25, 0.3) is 0 Å². The summed E-state index contributed by atoms with van der Waals surface area (Å²) in [5.41, 5.74) is 12.9. The molecule has 0 spiro atoms. The van der Waals surface area contributed by atoms with E-state index < -0.39 is 0 Å². The molecule has 0 saturated heterocycles. The largest absolute Gasteiger partial charge is 0.455 e. The van der Waals surface area contributed by atoms with E-state index in [0.717, 1.165) is 48.3 Å². The van der Waals surface area contributed by atoms with Crippen LogP contribution in [0.15, 0.2) is 48.5 Å². The van der Waals surface area contributed by atoms with Gasteiger partial charge in [-0.3, -0.25) is 10.8 Å². The molecular formula is C22H32N6O2. The lowest BCUT2D eigenvalue weighted by Gasteiger charge is -2.20. The number of ether oxygens (including phenoxy) is 2. The maximum atomic E-state index is 7.18. The summed E-state index contributed by atoms with van der Waals surface area (Å²) in [6.45, 7) is 3.34. The number of benzene rings is 2. The average molecular weight is 413 g/mol. The van der Waals surface area contributed by atoms with E-state index in [1.54, 1.807) is 0 Å². The fourth-order valence-corrected chi connectivity index (χ4v) is 2.83. The molecule has 8 heteroatoms. The molecule has 162 valence electrons. The molecule has 0 aliphatic heterocycles. The van der Waals surface area contributed by atoms with Crippen molar-refractivity contribution in [2.75, 3.05) is 13.1 Å². The molecule has 30 heavy (non-hydrogen) atoms. The third-order valence-corrected chi connectivity index (χ3v) is 4.36. The molecule has 0 amide bonds. The van der Waals surface area contributed by atoms with Crippen molar-refractivity contribution >= 4 is 11.9 Å². The first-order valence-corrected chi connectivity index (χ1v) is 10.1. The molecule has 0 bridgehead atoms. The topological polar surface area (TPSA) is 142 Å². The first-order valence-electron chi connectivity index (χ1n) is 10.1. The van der Waals surface area contributed by atoms with Crippen LogP contribution in [0.4, 0.5) is 0 Å². The highest BCUT2D eigenvalue weighted by atomic mass is 16.7. The fourth-order valence-electron chi connectivity index (χ4n) is 2.83. The highest BCUT2D eigenvalue weighted by molar-refractivity contribution is 5.74. The number of hydrogen-bond donors (Lipinski definition) is 6. The molecule has 0 radical (unpaired) electrons. The van der Waals surface area contributed by atoms with E-state index in [1.165, 1.54) is 0 Å². The molecule has 0 atom stereocenters. The van der Waals surface area contributed by atoms with Gasteiger partial charge < -0.3 is 31.6 Å². The first kappa shape index (κ1) is 22.9. The maximum Gasteiger partial charge on any atom is 0.241 e. The fraction of sp³-hybridized carbons (Fsp3) is 0.364. The molecule has 0 saturated carbocycles. The quantitative estimate of drug-likeness (QED) is 0.179. The summed E-state index contributed by atoms with van der Waals surface area (Å²) in [7, 11) is 0. The summed E-state index contributed by atoms with van der Waals surface area (Å²) in [6.07, 6.45) is 2.90. The van der Waals surface area contributed by atoms with Crippen molar-refractivity contribution < 1.29 is 9.47 Å². The molecule has 0 fully saturated rings. The minimum atomic E-state index is -0.370. The number of nitrogens with one attached hydrogen (secondary N) is 4. The normalized spacial score (nSPS) is 11.4. The zero-order chi connectivity index (χ0) is 21.8. The van der Waals surface area contributed by atoms with Crippen LogP contribution in [0, 0.1) is 10.8 Å². The second-order valence-electron chi connectivity index (χ2n) is 6.92. The Bertz CT molecular complexity index is 727. The lowest BCUT2D eigenvalue weighted by Crippen LogP contribution is -2.31. The van der Waals surface area contributed by atoms with E-state index in [1.807, 2.05) is 48.5 Å². The zero-order valence-corrected chi connectivity index (χ0v) is 17.4. The van der Waals surface area contributed by atoms with E-state index in [9.17, 15) is 0 Å². The molecule has 2 rings (SSSR count). The molecule has 2 aromatic carbocycles. The molecule has 2 aromatic rings. The molecule has 0 aliphatic rings. The lowest BCUT2D eigenvalue weighted by molar-refractivity contribution is -0.00106. The maximum absolute atomic E-state index is 7.18. The van der Waals surface area contributed by atoms with E-state index >= 15 is 0 Å². The third-order valence-electron chi connectivity index (χ3n) is 4.36. The Labute approximate surface area is 178 Å². The number of guanidine groups is 2. The van der Waals surface area contributed by atoms with Crippen molar-refractivity contribution in [3.05, 3.63) is 59.7 Å². The van der Waals surface area contributed by atoms with Crippen LogP contribution < -0.4 is 31.6 Å². The summed E-state index contributed by atoms with van der Waals surface area (Å²) in [5, 5.41) is 19.9. The van der Waals surface area contributed by atoms with Gasteiger partial charge in [-0.2, -0.15) is 0 Å². The van der Waals surface area contributed by atoms with Gasteiger partial charge in [0.25, 0.3) is 0 Å². The van der Waals surface area contributed by atoms with Crippen molar-refractivity contribution in [3.8, 4) is 11.5 Å². The van der Waals surface area contributed by atoms with Gasteiger partial charge in [0.2, 0.25) is 6.29 Å². The SMILES string of the molecule is CCCC(Oc1ccc(CCNC(=N)N)cc1)Oc1ccc(CCNC(=N)N)cc1. The highest BCUT2D eigenvalue weighted by Gasteiger charge is 2.12. The number of hydrogen-bond acceptors (Lipinski definition) is 4. The summed E-state index contributed by atoms with van der Waals surface area (Å²) >= 11 is 0. The van der Waals surface area contributed by atoms with Gasteiger partial charge in [-0.1, -0.05) is 31.2 Å². The van der Waals surface area contributed by atoms with E-state index in [0.29, 0.717) is 13.1 Å². The molecular weight excluding hydrogens is 380 g/mol. The Morgan fingerprint density at radius 3 is 1.53 bits per heavy atom. The standard InChI is InChI=1S/C22H32N6O2/c1-2-3-20(29-18-8-4-16(5-9-18)12-14-27-21(23)24)30-19-10-6-17(7-11-19)13-15-28-22(25)26/h4-11,20H,2-3,12-15H2,1H3,(H4,23,24,27)(H4,25,26,28). The van der Waals surface area contributed by atoms with E-state index in [2.05, 4.69) is 17.6 Å². The molecule has 8 N–H and O–H groups in total. The zero-order valence-electron chi connectivity index (χ0n) is 17.4. The van der Waals surface area contributed by atoms with Gasteiger partial charge >= 0.3 is 0 Å². The van der Waals surface area contributed by atoms with Gasteiger partial charge in [0.1, 0.15) is 11.5 Å². The van der Waals surface area contributed by atoms with Crippen LogP contribution in [-0.4, -0.2) is 31.3 Å². The van der Waals surface area contributed by atoms with Crippen LogP contribution in [-0.2, 0) is 12.8 Å².